The van der Waals surface area contributed by atoms with Crippen LogP contribution in [0.4, 0.5) is 8.78 Å². The molecule has 8 heteroatoms. The minimum absolute atomic E-state index is 0.0385. The summed E-state index contributed by atoms with van der Waals surface area (Å²) >= 11 is 0. The minimum atomic E-state index is -2.54. The van der Waals surface area contributed by atoms with Crippen molar-refractivity contribution in [2.24, 2.45) is 29.6 Å². The Morgan fingerprint density at radius 3 is 2.68 bits per heavy atom. The maximum atomic E-state index is 12.8. The summed E-state index contributed by atoms with van der Waals surface area (Å²) in [5.41, 5.74) is 2.75. The molecule has 0 aromatic heterocycles. The van der Waals surface area contributed by atoms with Gasteiger partial charge < -0.3 is 10.4 Å². The normalized spacial score (nSPS) is 43.9. The van der Waals surface area contributed by atoms with E-state index < -0.39 is 12.7 Å². The van der Waals surface area contributed by atoms with Crippen molar-refractivity contribution >= 4 is 5.91 Å². The molecule has 4 rings (SSSR count). The molecule has 3 aliphatic carbocycles. The number of rotatable bonds is 5. The van der Waals surface area contributed by atoms with E-state index in [2.05, 4.69) is 16.1 Å². The van der Waals surface area contributed by atoms with Crippen molar-refractivity contribution < 1.29 is 23.5 Å². The number of hydrogen-bond donors (Lipinski definition) is 4. The molecule has 4 N–H and O–H groups in total. The molecule has 0 aromatic carbocycles. The molecular weight excluding hydrogens is 368 g/mol. The van der Waals surface area contributed by atoms with Gasteiger partial charge in [0.05, 0.1) is 6.17 Å². The van der Waals surface area contributed by atoms with Crippen LogP contribution in [0.15, 0.2) is 0 Å². The molecule has 0 aromatic rings. The Kier molecular flexibility index (Phi) is 6.50. The highest BCUT2D eigenvalue weighted by molar-refractivity contribution is 5.79. The molecule has 1 amide bonds. The van der Waals surface area contributed by atoms with Gasteiger partial charge in [-0.3, -0.25) is 14.9 Å². The molecule has 0 radical (unpaired) electrons. The van der Waals surface area contributed by atoms with Crippen LogP contribution in [0.25, 0.3) is 0 Å². The highest BCUT2D eigenvalue weighted by Gasteiger charge is 2.45. The van der Waals surface area contributed by atoms with E-state index in [1.807, 2.05) is 0 Å². The number of amides is 1. The lowest BCUT2D eigenvalue weighted by Crippen LogP contribution is -2.47. The van der Waals surface area contributed by atoms with Gasteiger partial charge in [-0.15, -0.1) is 0 Å². The first-order valence-corrected chi connectivity index (χ1v) is 10.9. The highest BCUT2D eigenvalue weighted by Crippen LogP contribution is 2.45. The van der Waals surface area contributed by atoms with Crippen LogP contribution in [0.5, 0.6) is 0 Å². The number of aliphatic hydroxyl groups is 1. The Morgan fingerprint density at radius 2 is 1.93 bits per heavy atom. The third kappa shape index (κ3) is 4.35. The minimum Gasteiger partial charge on any atom is -0.396 e. The summed E-state index contributed by atoms with van der Waals surface area (Å²) in [6.07, 6.45) is 4.83. The average Bonchev–Trinajstić information content (AvgIpc) is 3.35. The summed E-state index contributed by atoms with van der Waals surface area (Å²) in [7, 11) is 0. The van der Waals surface area contributed by atoms with Crippen molar-refractivity contribution in [3.05, 3.63) is 0 Å². The van der Waals surface area contributed by atoms with Crippen molar-refractivity contribution in [3.8, 4) is 0 Å². The second kappa shape index (κ2) is 8.90. The van der Waals surface area contributed by atoms with Crippen LogP contribution in [0.1, 0.15) is 57.8 Å². The first kappa shape index (κ1) is 20.4. The fourth-order valence-electron chi connectivity index (χ4n) is 6.02. The van der Waals surface area contributed by atoms with Gasteiger partial charge >= 0.3 is 0 Å². The summed E-state index contributed by atoms with van der Waals surface area (Å²) in [6.45, 7) is 0.179. The molecule has 1 heterocycles. The second-order valence-corrected chi connectivity index (χ2v) is 9.24. The van der Waals surface area contributed by atoms with Gasteiger partial charge in [0, 0.05) is 18.6 Å². The van der Waals surface area contributed by atoms with E-state index in [0.717, 1.165) is 57.8 Å². The second-order valence-electron chi connectivity index (χ2n) is 9.24. The number of fused-ring (bicyclic) bond motifs is 1. The number of aliphatic hydroxyl groups excluding tert-OH is 1. The molecule has 4 aliphatic rings. The maximum Gasteiger partial charge on any atom is 0.279 e. The first-order chi connectivity index (χ1) is 13.5. The lowest BCUT2D eigenvalue weighted by molar-refractivity contribution is -0.127. The molecule has 0 bridgehead atoms. The number of nitrogens with one attached hydrogen (secondary N) is 3. The zero-order valence-electron chi connectivity index (χ0n) is 16.3. The van der Waals surface area contributed by atoms with Gasteiger partial charge in [-0.05, 0) is 75.0 Å². The predicted molar refractivity (Wildman–Crippen MR) is 99.0 cm³/mol. The Hall–Kier alpha value is -0.830. The Morgan fingerprint density at radius 1 is 1.11 bits per heavy atom. The molecule has 28 heavy (non-hydrogen) atoms. The van der Waals surface area contributed by atoms with Gasteiger partial charge in [-0.2, -0.15) is 5.48 Å². The quantitative estimate of drug-likeness (QED) is 0.567. The molecule has 1 aliphatic heterocycles. The average molecular weight is 401 g/mol. The zero-order chi connectivity index (χ0) is 19.7. The van der Waals surface area contributed by atoms with E-state index in [0.29, 0.717) is 11.8 Å². The molecule has 4 fully saturated rings. The summed E-state index contributed by atoms with van der Waals surface area (Å²) in [4.78, 5) is 17.7. The van der Waals surface area contributed by atoms with E-state index in [1.54, 1.807) is 0 Å². The Balaban J connectivity index is 1.27. The number of alkyl halides is 2. The Bertz CT molecular complexity index is 553. The van der Waals surface area contributed by atoms with Crippen molar-refractivity contribution in [1.82, 2.24) is 16.1 Å². The molecule has 160 valence electrons. The first-order valence-electron chi connectivity index (χ1n) is 10.9. The van der Waals surface area contributed by atoms with Crippen molar-refractivity contribution in [2.45, 2.75) is 82.6 Å². The molecule has 8 atom stereocenters. The topological polar surface area (TPSA) is 82.6 Å². The van der Waals surface area contributed by atoms with Crippen molar-refractivity contribution in [1.29, 1.82) is 0 Å². The van der Waals surface area contributed by atoms with Crippen molar-refractivity contribution in [3.63, 3.8) is 0 Å². The summed E-state index contributed by atoms with van der Waals surface area (Å²) in [5, 5.41) is 15.6. The highest BCUT2D eigenvalue weighted by atomic mass is 19.3. The number of halogens is 2. The lowest BCUT2D eigenvalue weighted by Gasteiger charge is -2.37. The van der Waals surface area contributed by atoms with Gasteiger partial charge in [0.2, 0.25) is 5.91 Å². The molecule has 6 nitrogen and oxygen atoms in total. The van der Waals surface area contributed by atoms with E-state index in [9.17, 15) is 18.7 Å². The van der Waals surface area contributed by atoms with Crippen LogP contribution in [-0.4, -0.2) is 42.5 Å². The largest absolute Gasteiger partial charge is 0.396 e. The summed E-state index contributed by atoms with van der Waals surface area (Å²) in [6, 6.07) is 0.238. The third-order valence-electron chi connectivity index (χ3n) is 7.55. The number of hydrogen-bond acceptors (Lipinski definition) is 5. The smallest absolute Gasteiger partial charge is 0.279 e. The standard InChI is InChI=1S/C20H33F2N3O3/c21-17(22)20-24-18(25-28-20)13-4-6-15-12(9-13)5-7-16(15)23-19(27)14-3-1-2-11(8-14)10-26/h11-18,20,24-26H,1-10H2,(H,23,27)/t11?,12?,13?,14?,15?,16-,18?,20?/m1/s1. The SMILES string of the molecule is O=C(N[C@@H]1CCC2CC(C3NOC(C(F)F)N3)CCC21)C1CCCC(CO)C1. The van der Waals surface area contributed by atoms with E-state index in [4.69, 9.17) is 4.84 Å². The van der Waals surface area contributed by atoms with Gasteiger partial charge in [0.25, 0.3) is 6.43 Å². The van der Waals surface area contributed by atoms with Crippen LogP contribution < -0.4 is 16.1 Å². The Labute approximate surface area is 165 Å². The van der Waals surface area contributed by atoms with Gasteiger partial charge in [0.15, 0.2) is 6.23 Å². The van der Waals surface area contributed by atoms with E-state index >= 15 is 0 Å². The van der Waals surface area contributed by atoms with Crippen LogP contribution in [0.2, 0.25) is 0 Å². The number of carbonyl (C=O) groups is 1. The molecule has 0 spiro atoms. The van der Waals surface area contributed by atoms with Crippen LogP contribution >= 0.6 is 0 Å². The van der Waals surface area contributed by atoms with Crippen molar-refractivity contribution in [2.75, 3.05) is 6.61 Å². The van der Waals surface area contributed by atoms with Gasteiger partial charge in [0.1, 0.15) is 0 Å². The fraction of sp³-hybridized carbons (Fsp3) is 0.950. The van der Waals surface area contributed by atoms with Crippen LogP contribution in [0, 0.1) is 29.6 Å². The van der Waals surface area contributed by atoms with E-state index in [-0.39, 0.29) is 42.5 Å². The van der Waals surface area contributed by atoms with E-state index in [1.165, 1.54) is 0 Å². The van der Waals surface area contributed by atoms with Crippen LogP contribution in [0.3, 0.4) is 0 Å². The molecule has 3 saturated carbocycles. The number of carbonyl (C=O) groups excluding carboxylic acids is 1. The van der Waals surface area contributed by atoms with Gasteiger partial charge in [-0.1, -0.05) is 6.42 Å². The fourth-order valence-corrected chi connectivity index (χ4v) is 6.02. The summed E-state index contributed by atoms with van der Waals surface area (Å²) < 4.78 is 25.6. The summed E-state index contributed by atoms with van der Waals surface area (Å²) in [5.74, 6) is 1.78. The maximum absolute atomic E-state index is 12.8. The lowest BCUT2D eigenvalue weighted by atomic mass is 9.73. The molecule has 7 unspecified atom stereocenters. The third-order valence-corrected chi connectivity index (χ3v) is 7.55. The molecule has 1 saturated heterocycles. The number of hydroxylamine groups is 1. The predicted octanol–water partition coefficient (Wildman–Crippen LogP) is 2.14. The van der Waals surface area contributed by atoms with Gasteiger partial charge in [-0.25, -0.2) is 8.78 Å². The zero-order valence-corrected chi connectivity index (χ0v) is 16.3. The monoisotopic (exact) mass is 401 g/mol. The molecular formula is C20H33F2N3O3. The van der Waals surface area contributed by atoms with Crippen LogP contribution in [-0.2, 0) is 9.63 Å².